The van der Waals surface area contributed by atoms with Crippen molar-refractivity contribution in [3.63, 3.8) is 0 Å². The van der Waals surface area contributed by atoms with Crippen LogP contribution in [0.3, 0.4) is 0 Å². The highest BCUT2D eigenvalue weighted by molar-refractivity contribution is 5.61. The van der Waals surface area contributed by atoms with E-state index in [1.807, 2.05) is 49.4 Å². The quantitative estimate of drug-likeness (QED) is 0.481. The van der Waals surface area contributed by atoms with Crippen molar-refractivity contribution in [2.75, 3.05) is 0 Å². The molecule has 0 saturated heterocycles. The standard InChI is InChI=1S/C24H23N5O2/c1-16-14-18(21-7-3-4-13-25-21)11-12-23(16)31-15-20-19(17-9-10-17)6-5-8-22(20)29-24(30)28(2)26-27-29/h3-8,11-14,17H,9-10,15H2,1-2H3. The zero-order valence-corrected chi connectivity index (χ0v) is 17.5. The lowest BCUT2D eigenvalue weighted by Gasteiger charge is -2.16. The molecular weight excluding hydrogens is 390 g/mol. The third-order valence-electron chi connectivity index (χ3n) is 5.66. The molecule has 2 aromatic carbocycles. The topological polar surface area (TPSA) is 74.8 Å². The zero-order valence-electron chi connectivity index (χ0n) is 17.5. The van der Waals surface area contributed by atoms with Gasteiger partial charge in [0.05, 0.1) is 11.4 Å². The molecule has 1 fully saturated rings. The third kappa shape index (κ3) is 3.74. The molecule has 2 heterocycles. The van der Waals surface area contributed by atoms with Gasteiger partial charge in [-0.25, -0.2) is 4.79 Å². The minimum Gasteiger partial charge on any atom is -0.489 e. The first kappa shape index (κ1) is 19.2. The Labute approximate surface area is 179 Å². The number of ether oxygens (including phenoxy) is 1. The van der Waals surface area contributed by atoms with Crippen LogP contribution in [0.15, 0.2) is 65.6 Å². The van der Waals surface area contributed by atoms with Crippen LogP contribution < -0.4 is 10.4 Å². The Hall–Kier alpha value is -3.74. The molecule has 0 aliphatic heterocycles. The molecule has 0 spiro atoms. The average Bonchev–Trinajstić information content (AvgIpc) is 3.59. The summed E-state index contributed by atoms with van der Waals surface area (Å²) in [6.45, 7) is 2.39. The van der Waals surface area contributed by atoms with Crippen molar-refractivity contribution in [1.82, 2.24) is 24.8 Å². The fourth-order valence-corrected chi connectivity index (χ4v) is 3.84. The Morgan fingerprint density at radius 2 is 1.94 bits per heavy atom. The van der Waals surface area contributed by atoms with Crippen molar-refractivity contribution in [2.45, 2.75) is 32.3 Å². The molecule has 1 aliphatic carbocycles. The molecule has 1 aliphatic rings. The molecule has 0 N–H and O–H groups in total. The van der Waals surface area contributed by atoms with E-state index < -0.39 is 0 Å². The average molecular weight is 413 g/mol. The van der Waals surface area contributed by atoms with E-state index in [1.54, 1.807) is 13.2 Å². The van der Waals surface area contributed by atoms with Gasteiger partial charge in [0.15, 0.2) is 0 Å². The molecule has 2 aromatic heterocycles. The second-order valence-corrected chi connectivity index (χ2v) is 7.90. The summed E-state index contributed by atoms with van der Waals surface area (Å²) in [7, 11) is 1.60. The second kappa shape index (κ2) is 7.83. The van der Waals surface area contributed by atoms with Crippen molar-refractivity contribution < 1.29 is 4.74 Å². The summed E-state index contributed by atoms with van der Waals surface area (Å²) in [4.78, 5) is 16.9. The maximum absolute atomic E-state index is 12.5. The van der Waals surface area contributed by atoms with E-state index >= 15 is 0 Å². The monoisotopic (exact) mass is 413 g/mol. The fraction of sp³-hybridized carbons (Fsp3) is 0.250. The van der Waals surface area contributed by atoms with Crippen molar-refractivity contribution in [2.24, 2.45) is 7.05 Å². The summed E-state index contributed by atoms with van der Waals surface area (Å²) in [5.41, 5.74) is 5.68. The molecule has 0 bridgehead atoms. The van der Waals surface area contributed by atoms with Crippen molar-refractivity contribution >= 4 is 0 Å². The molecule has 7 nitrogen and oxygen atoms in total. The maximum atomic E-state index is 12.5. The van der Waals surface area contributed by atoms with Gasteiger partial charge in [0.1, 0.15) is 12.4 Å². The summed E-state index contributed by atoms with van der Waals surface area (Å²) in [5.74, 6) is 1.32. The van der Waals surface area contributed by atoms with E-state index in [-0.39, 0.29) is 5.69 Å². The number of hydrogen-bond donors (Lipinski definition) is 0. The van der Waals surface area contributed by atoms with Crippen molar-refractivity contribution in [3.05, 3.63) is 88.0 Å². The van der Waals surface area contributed by atoms with Crippen LogP contribution in [-0.2, 0) is 13.7 Å². The molecule has 0 atom stereocenters. The zero-order chi connectivity index (χ0) is 21.4. The van der Waals surface area contributed by atoms with E-state index in [0.717, 1.165) is 46.7 Å². The maximum Gasteiger partial charge on any atom is 0.368 e. The number of aromatic nitrogens is 5. The van der Waals surface area contributed by atoms with Gasteiger partial charge >= 0.3 is 5.69 Å². The van der Waals surface area contributed by atoms with E-state index in [2.05, 4.69) is 27.5 Å². The largest absolute Gasteiger partial charge is 0.489 e. The number of aryl methyl sites for hydroxylation is 2. The highest BCUT2D eigenvalue weighted by Gasteiger charge is 2.28. The lowest BCUT2D eigenvalue weighted by Crippen LogP contribution is -2.23. The van der Waals surface area contributed by atoms with Crippen LogP contribution in [0.4, 0.5) is 0 Å². The van der Waals surface area contributed by atoms with Crippen LogP contribution in [0.5, 0.6) is 5.75 Å². The first-order chi connectivity index (χ1) is 15.1. The van der Waals surface area contributed by atoms with Crippen LogP contribution in [-0.4, -0.2) is 24.8 Å². The van der Waals surface area contributed by atoms with E-state index in [9.17, 15) is 4.79 Å². The Morgan fingerprint density at radius 1 is 1.06 bits per heavy atom. The Bertz CT molecular complexity index is 1290. The van der Waals surface area contributed by atoms with Crippen molar-refractivity contribution in [3.8, 4) is 22.7 Å². The van der Waals surface area contributed by atoms with Gasteiger partial charge in [-0.05, 0) is 83.6 Å². The predicted molar refractivity (Wildman–Crippen MR) is 117 cm³/mol. The molecule has 4 aromatic rings. The number of hydrogen-bond acceptors (Lipinski definition) is 5. The van der Waals surface area contributed by atoms with Crippen LogP contribution in [0.2, 0.25) is 0 Å². The summed E-state index contributed by atoms with van der Waals surface area (Å²) in [5, 5.41) is 7.90. The molecule has 0 amide bonds. The highest BCUT2D eigenvalue weighted by Crippen LogP contribution is 2.43. The van der Waals surface area contributed by atoms with Crippen LogP contribution in [0, 0.1) is 6.92 Å². The van der Waals surface area contributed by atoms with Crippen LogP contribution in [0.25, 0.3) is 16.9 Å². The molecule has 7 heteroatoms. The predicted octanol–water partition coefficient (Wildman–Crippen LogP) is 3.79. The van der Waals surface area contributed by atoms with Gasteiger partial charge in [0, 0.05) is 24.4 Å². The first-order valence-corrected chi connectivity index (χ1v) is 10.4. The van der Waals surface area contributed by atoms with Gasteiger partial charge in [-0.3, -0.25) is 4.98 Å². The SMILES string of the molecule is Cc1cc(-c2ccccn2)ccc1OCc1c(C2CC2)cccc1-n1nnn(C)c1=O. The fourth-order valence-electron chi connectivity index (χ4n) is 3.84. The van der Waals surface area contributed by atoms with E-state index in [1.165, 1.54) is 14.9 Å². The van der Waals surface area contributed by atoms with Gasteiger partial charge in [0.25, 0.3) is 0 Å². The minimum absolute atomic E-state index is 0.273. The lowest BCUT2D eigenvalue weighted by molar-refractivity contribution is 0.302. The molecule has 1 saturated carbocycles. The van der Waals surface area contributed by atoms with Gasteiger partial charge in [-0.1, -0.05) is 18.2 Å². The minimum atomic E-state index is -0.273. The number of nitrogens with zero attached hydrogens (tertiary/aromatic N) is 5. The lowest BCUT2D eigenvalue weighted by atomic mass is 10.0. The van der Waals surface area contributed by atoms with E-state index in [4.69, 9.17) is 4.74 Å². The third-order valence-corrected chi connectivity index (χ3v) is 5.66. The highest BCUT2D eigenvalue weighted by atomic mass is 16.5. The molecule has 5 rings (SSSR count). The van der Waals surface area contributed by atoms with Crippen LogP contribution >= 0.6 is 0 Å². The molecular formula is C24H23N5O2. The molecule has 31 heavy (non-hydrogen) atoms. The smallest absolute Gasteiger partial charge is 0.368 e. The van der Waals surface area contributed by atoms with Gasteiger partial charge < -0.3 is 4.74 Å². The summed E-state index contributed by atoms with van der Waals surface area (Å²) < 4.78 is 8.83. The van der Waals surface area contributed by atoms with Crippen molar-refractivity contribution in [1.29, 1.82) is 0 Å². The Balaban J connectivity index is 1.47. The molecule has 0 unspecified atom stereocenters. The van der Waals surface area contributed by atoms with Gasteiger partial charge in [-0.15, -0.1) is 0 Å². The van der Waals surface area contributed by atoms with Gasteiger partial charge in [0.2, 0.25) is 0 Å². The number of tetrazole rings is 1. The summed E-state index contributed by atoms with van der Waals surface area (Å²) in [6.07, 6.45) is 4.10. The number of pyridine rings is 1. The normalized spacial score (nSPS) is 13.4. The molecule has 156 valence electrons. The van der Waals surface area contributed by atoms with E-state index in [0.29, 0.717) is 12.5 Å². The van der Waals surface area contributed by atoms with Gasteiger partial charge in [-0.2, -0.15) is 9.36 Å². The molecule has 0 radical (unpaired) electrons. The number of benzene rings is 2. The Morgan fingerprint density at radius 3 is 2.61 bits per heavy atom. The van der Waals surface area contributed by atoms with Crippen LogP contribution in [0.1, 0.15) is 35.4 Å². The summed E-state index contributed by atoms with van der Waals surface area (Å²) >= 11 is 0. The number of rotatable bonds is 6. The Kier molecular flexibility index (Phi) is 4.86. The summed E-state index contributed by atoms with van der Waals surface area (Å²) in [6, 6.07) is 18.0. The second-order valence-electron chi connectivity index (χ2n) is 7.90. The first-order valence-electron chi connectivity index (χ1n) is 10.4.